The number of fused-ring (bicyclic) bond motifs is 1. The van der Waals surface area contributed by atoms with Crippen LogP contribution in [0.2, 0.25) is 0 Å². The third kappa shape index (κ3) is 2.98. The van der Waals surface area contributed by atoms with Gasteiger partial charge in [-0.3, -0.25) is 14.4 Å². The molecular weight excluding hydrogens is 320 g/mol. The van der Waals surface area contributed by atoms with Gasteiger partial charge in [0.25, 0.3) is 5.91 Å². The van der Waals surface area contributed by atoms with Crippen molar-refractivity contribution in [3.63, 3.8) is 0 Å². The Labute approximate surface area is 145 Å². The molecule has 1 aliphatic heterocycles. The molecule has 3 rings (SSSR count). The van der Waals surface area contributed by atoms with Gasteiger partial charge in [0.05, 0.1) is 25.3 Å². The second kappa shape index (κ2) is 6.76. The number of rotatable bonds is 3. The minimum absolute atomic E-state index is 0.0380. The lowest BCUT2D eigenvalue weighted by molar-refractivity contribution is -0.143. The second-order valence-corrected chi connectivity index (χ2v) is 5.70. The van der Waals surface area contributed by atoms with E-state index in [1.54, 1.807) is 48.5 Å². The Kier molecular flexibility index (Phi) is 4.52. The fraction of sp³-hybridized carbons (Fsp3) is 0.211. The highest BCUT2D eigenvalue weighted by molar-refractivity contribution is 6.09. The van der Waals surface area contributed by atoms with Crippen molar-refractivity contribution in [1.29, 1.82) is 0 Å². The van der Waals surface area contributed by atoms with E-state index in [-0.39, 0.29) is 18.2 Å². The largest absolute Gasteiger partial charge is 0.469 e. The van der Waals surface area contributed by atoms with Crippen molar-refractivity contribution in [3.05, 3.63) is 65.7 Å². The van der Waals surface area contributed by atoms with Crippen LogP contribution in [0.15, 0.2) is 54.6 Å². The topological polar surface area (TPSA) is 66.9 Å². The van der Waals surface area contributed by atoms with Gasteiger partial charge in [0.15, 0.2) is 0 Å². The Hall–Kier alpha value is -3.15. The molecule has 2 aromatic rings. The second-order valence-electron chi connectivity index (χ2n) is 5.70. The summed E-state index contributed by atoms with van der Waals surface area (Å²) in [7, 11) is 1.30. The molecule has 128 valence electrons. The predicted molar refractivity (Wildman–Crippen MR) is 91.6 cm³/mol. The van der Waals surface area contributed by atoms with E-state index >= 15 is 0 Å². The number of hydrazine groups is 1. The molecule has 0 N–H and O–H groups in total. The number of hydrogen-bond acceptors (Lipinski definition) is 4. The molecule has 0 unspecified atom stereocenters. The first-order chi connectivity index (χ1) is 12.0. The van der Waals surface area contributed by atoms with E-state index < -0.39 is 12.0 Å². The number of carbonyl (C=O) groups is 3. The molecule has 0 saturated carbocycles. The molecule has 0 bridgehead atoms. The Balaban J connectivity index is 2.18. The van der Waals surface area contributed by atoms with Crippen molar-refractivity contribution in [2.24, 2.45) is 0 Å². The predicted octanol–water partition coefficient (Wildman–Crippen LogP) is 2.71. The average Bonchev–Trinajstić information content (AvgIpc) is 2.64. The standard InChI is InChI=1S/C19H18N2O4/c1-13(22)20-17(12-18(23)25-2)15-10-6-7-11-16(15)19(24)21(20)14-8-4-3-5-9-14/h3-11,17H,12H2,1-2H3/t17-/m1/s1. The van der Waals surface area contributed by atoms with Gasteiger partial charge >= 0.3 is 5.97 Å². The summed E-state index contributed by atoms with van der Waals surface area (Å²) in [5.74, 6) is -1.09. The number of para-hydroxylation sites is 1. The van der Waals surface area contributed by atoms with Crippen molar-refractivity contribution in [2.45, 2.75) is 19.4 Å². The molecule has 2 amide bonds. The number of esters is 1. The monoisotopic (exact) mass is 338 g/mol. The van der Waals surface area contributed by atoms with Crippen molar-refractivity contribution >= 4 is 23.5 Å². The zero-order chi connectivity index (χ0) is 18.0. The zero-order valence-electron chi connectivity index (χ0n) is 14.0. The van der Waals surface area contributed by atoms with Gasteiger partial charge in [-0.2, -0.15) is 0 Å². The summed E-state index contributed by atoms with van der Waals surface area (Å²) in [4.78, 5) is 37.4. The number of carbonyl (C=O) groups excluding carboxylic acids is 3. The number of hydrogen-bond donors (Lipinski definition) is 0. The fourth-order valence-corrected chi connectivity index (χ4v) is 3.07. The van der Waals surface area contributed by atoms with E-state index in [0.29, 0.717) is 16.8 Å². The van der Waals surface area contributed by atoms with E-state index in [1.165, 1.54) is 24.1 Å². The summed E-state index contributed by atoms with van der Waals surface area (Å²) < 4.78 is 4.78. The number of amides is 2. The Bertz CT molecular complexity index is 819. The molecule has 6 heteroatoms. The van der Waals surface area contributed by atoms with Gasteiger partial charge in [0.2, 0.25) is 5.91 Å². The number of nitrogens with zero attached hydrogens (tertiary/aromatic N) is 2. The SMILES string of the molecule is COC(=O)C[C@@H]1c2ccccc2C(=O)N(c2ccccc2)N1C(C)=O. The summed E-state index contributed by atoms with van der Waals surface area (Å²) in [5, 5.41) is 2.66. The Morgan fingerprint density at radius 2 is 1.68 bits per heavy atom. The van der Waals surface area contributed by atoms with E-state index in [9.17, 15) is 14.4 Å². The summed E-state index contributed by atoms with van der Waals surface area (Å²) in [6.45, 7) is 1.38. The van der Waals surface area contributed by atoms with Crippen LogP contribution in [0.4, 0.5) is 5.69 Å². The highest BCUT2D eigenvalue weighted by Gasteiger charge is 2.41. The van der Waals surface area contributed by atoms with Crippen LogP contribution in [0.25, 0.3) is 0 Å². The Morgan fingerprint density at radius 1 is 1.04 bits per heavy atom. The van der Waals surface area contributed by atoms with E-state index in [0.717, 1.165) is 0 Å². The molecule has 0 aromatic heterocycles. The summed E-state index contributed by atoms with van der Waals surface area (Å²) in [6.07, 6.45) is -0.0380. The third-order valence-corrected chi connectivity index (χ3v) is 4.16. The third-order valence-electron chi connectivity index (χ3n) is 4.16. The lowest BCUT2D eigenvalue weighted by Crippen LogP contribution is -2.55. The van der Waals surface area contributed by atoms with Gasteiger partial charge in [0, 0.05) is 12.5 Å². The lowest BCUT2D eigenvalue weighted by Gasteiger charge is -2.43. The molecule has 0 aliphatic carbocycles. The zero-order valence-corrected chi connectivity index (χ0v) is 14.0. The van der Waals surface area contributed by atoms with Gasteiger partial charge in [-0.1, -0.05) is 36.4 Å². The minimum atomic E-state index is -0.612. The van der Waals surface area contributed by atoms with Crippen LogP contribution in [0.3, 0.4) is 0 Å². The molecule has 1 aliphatic rings. The number of ether oxygens (including phenoxy) is 1. The van der Waals surface area contributed by atoms with Crippen molar-refractivity contribution in [3.8, 4) is 0 Å². The normalized spacial score (nSPS) is 16.4. The Morgan fingerprint density at radius 3 is 2.32 bits per heavy atom. The maximum atomic E-state index is 13.0. The van der Waals surface area contributed by atoms with E-state index in [2.05, 4.69) is 0 Å². The smallest absolute Gasteiger partial charge is 0.308 e. The molecule has 0 spiro atoms. The molecule has 1 heterocycles. The molecule has 1 atom stereocenters. The van der Waals surface area contributed by atoms with Crippen molar-refractivity contribution in [1.82, 2.24) is 5.01 Å². The van der Waals surface area contributed by atoms with Crippen LogP contribution in [0, 0.1) is 0 Å². The number of methoxy groups -OCH3 is 1. The van der Waals surface area contributed by atoms with Crippen LogP contribution < -0.4 is 5.01 Å². The molecule has 0 fully saturated rings. The molecule has 0 radical (unpaired) electrons. The first kappa shape index (κ1) is 16.7. The fourth-order valence-electron chi connectivity index (χ4n) is 3.07. The molecule has 6 nitrogen and oxygen atoms in total. The lowest BCUT2D eigenvalue weighted by atomic mass is 9.94. The van der Waals surface area contributed by atoms with Gasteiger partial charge in [0.1, 0.15) is 0 Å². The summed E-state index contributed by atoms with van der Waals surface area (Å²) >= 11 is 0. The van der Waals surface area contributed by atoms with Crippen LogP contribution in [0.5, 0.6) is 0 Å². The maximum Gasteiger partial charge on any atom is 0.308 e. The van der Waals surface area contributed by atoms with Gasteiger partial charge in [-0.15, -0.1) is 0 Å². The maximum absolute atomic E-state index is 13.0. The summed E-state index contributed by atoms with van der Waals surface area (Å²) in [6, 6.07) is 15.3. The van der Waals surface area contributed by atoms with Crippen molar-refractivity contribution in [2.75, 3.05) is 12.1 Å². The quantitative estimate of drug-likeness (QED) is 0.807. The molecule has 0 saturated heterocycles. The van der Waals surface area contributed by atoms with E-state index in [4.69, 9.17) is 4.74 Å². The van der Waals surface area contributed by atoms with E-state index in [1.807, 2.05) is 6.07 Å². The first-order valence-corrected chi connectivity index (χ1v) is 7.89. The average molecular weight is 338 g/mol. The number of anilines is 1. The van der Waals surface area contributed by atoms with Gasteiger partial charge in [-0.05, 0) is 23.8 Å². The van der Waals surface area contributed by atoms with Crippen LogP contribution in [0.1, 0.15) is 35.3 Å². The number of benzene rings is 2. The molecular formula is C19H18N2O4. The van der Waals surface area contributed by atoms with Crippen molar-refractivity contribution < 1.29 is 19.1 Å². The van der Waals surface area contributed by atoms with Crippen LogP contribution in [-0.2, 0) is 14.3 Å². The molecule has 2 aromatic carbocycles. The van der Waals surface area contributed by atoms with Crippen LogP contribution >= 0.6 is 0 Å². The van der Waals surface area contributed by atoms with Gasteiger partial charge < -0.3 is 4.74 Å². The molecule has 25 heavy (non-hydrogen) atoms. The highest BCUT2D eigenvalue weighted by atomic mass is 16.5. The van der Waals surface area contributed by atoms with Gasteiger partial charge in [-0.25, -0.2) is 10.0 Å². The summed E-state index contributed by atoms with van der Waals surface area (Å²) in [5.41, 5.74) is 1.67. The minimum Gasteiger partial charge on any atom is -0.469 e. The first-order valence-electron chi connectivity index (χ1n) is 7.89. The highest BCUT2D eigenvalue weighted by Crippen LogP contribution is 2.37. The van der Waals surface area contributed by atoms with Crippen LogP contribution in [-0.4, -0.2) is 29.9 Å².